The van der Waals surface area contributed by atoms with Gasteiger partial charge in [-0.3, -0.25) is 4.79 Å². The van der Waals surface area contributed by atoms with Crippen molar-refractivity contribution < 1.29 is 14.3 Å². The Bertz CT molecular complexity index is 616. The van der Waals surface area contributed by atoms with Crippen LogP contribution in [0.3, 0.4) is 0 Å². The van der Waals surface area contributed by atoms with Gasteiger partial charge in [0.05, 0.1) is 0 Å². The van der Waals surface area contributed by atoms with Crippen LogP contribution in [-0.2, 0) is 9.53 Å². The van der Waals surface area contributed by atoms with Gasteiger partial charge >= 0.3 is 6.09 Å². The maximum Gasteiger partial charge on any atom is 0.411 e. The van der Waals surface area contributed by atoms with Gasteiger partial charge in [-0.25, -0.2) is 4.79 Å². The number of hydrogen-bond acceptors (Lipinski definition) is 4. The molecule has 0 aromatic heterocycles. The van der Waals surface area contributed by atoms with Crippen LogP contribution in [0.1, 0.15) is 51.9 Å². The Morgan fingerprint density at radius 2 is 1.92 bits per heavy atom. The molecule has 4 fully saturated rings. The Morgan fingerprint density at radius 1 is 1.23 bits per heavy atom. The minimum Gasteiger partial charge on any atom is -0.436 e. The number of ether oxygens (including phenoxy) is 1. The zero-order valence-electron chi connectivity index (χ0n) is 15.6. The molecule has 6 heteroatoms. The normalized spacial score (nSPS) is 32.9. The van der Waals surface area contributed by atoms with Crippen molar-refractivity contribution >= 4 is 12.0 Å². The second-order valence-corrected chi connectivity index (χ2v) is 8.39. The van der Waals surface area contributed by atoms with E-state index in [0.29, 0.717) is 24.5 Å². The molecule has 2 bridgehead atoms. The second-order valence-electron chi connectivity index (χ2n) is 8.39. The molecule has 26 heavy (non-hydrogen) atoms. The number of nitrogens with one attached hydrogen (secondary N) is 1. The number of rotatable bonds is 2. The van der Waals surface area contributed by atoms with Crippen LogP contribution in [-0.4, -0.2) is 66.2 Å². The lowest BCUT2D eigenvalue weighted by Gasteiger charge is -2.46. The highest BCUT2D eigenvalue weighted by Crippen LogP contribution is 2.42. The van der Waals surface area contributed by atoms with Gasteiger partial charge in [-0.05, 0) is 64.0 Å². The highest BCUT2D eigenvalue weighted by molar-refractivity contribution is 5.79. The summed E-state index contributed by atoms with van der Waals surface area (Å²) in [7, 11) is 0. The highest BCUT2D eigenvalue weighted by atomic mass is 16.6. The van der Waals surface area contributed by atoms with Crippen molar-refractivity contribution in [3.05, 3.63) is 0 Å². The first kappa shape index (κ1) is 17.7. The number of likely N-dealkylation sites (tertiary alicyclic amines) is 1. The largest absolute Gasteiger partial charge is 0.436 e. The Labute approximate surface area is 155 Å². The van der Waals surface area contributed by atoms with Crippen LogP contribution < -0.4 is 5.32 Å². The predicted molar refractivity (Wildman–Crippen MR) is 97.3 cm³/mol. The molecule has 142 valence electrons. The summed E-state index contributed by atoms with van der Waals surface area (Å²) in [5, 5.41) is 3.01. The van der Waals surface area contributed by atoms with Crippen molar-refractivity contribution in [2.45, 2.75) is 70.0 Å². The number of fused-ring (bicyclic) bond motifs is 2. The third kappa shape index (κ3) is 3.29. The molecule has 0 aromatic rings. The van der Waals surface area contributed by atoms with Crippen LogP contribution in [0.15, 0.2) is 0 Å². The first-order chi connectivity index (χ1) is 12.6. The van der Waals surface area contributed by atoms with E-state index in [-0.39, 0.29) is 24.0 Å². The van der Waals surface area contributed by atoms with E-state index < -0.39 is 0 Å². The first-order valence-corrected chi connectivity index (χ1v) is 9.96. The van der Waals surface area contributed by atoms with Gasteiger partial charge in [0.2, 0.25) is 5.91 Å². The number of carbonyl (C=O) groups is 2. The van der Waals surface area contributed by atoms with Gasteiger partial charge in [0, 0.05) is 31.1 Å². The minimum absolute atomic E-state index is 0.188. The van der Waals surface area contributed by atoms with E-state index >= 15 is 0 Å². The highest BCUT2D eigenvalue weighted by Gasteiger charge is 2.47. The summed E-state index contributed by atoms with van der Waals surface area (Å²) in [6, 6.07) is 1.19. The van der Waals surface area contributed by atoms with Crippen LogP contribution in [0.5, 0.6) is 0 Å². The number of amides is 2. The van der Waals surface area contributed by atoms with Crippen LogP contribution in [0.4, 0.5) is 4.79 Å². The standard InChI is InChI=1S/C20H29N3O3/c1-2-3-10-26-19(25)23-15-4-5-16(23)12-17(11-15)22-8-6-20(7-9-22)13-18(24)21-14-20/h15-17H,4-14H2,1H3,(H,21,24). The fourth-order valence-electron chi connectivity index (χ4n) is 5.46. The van der Waals surface area contributed by atoms with E-state index in [1.165, 1.54) is 0 Å². The summed E-state index contributed by atoms with van der Waals surface area (Å²) in [5.41, 5.74) is 0.206. The Balaban J connectivity index is 1.32. The molecule has 1 spiro atoms. The summed E-state index contributed by atoms with van der Waals surface area (Å²) >= 11 is 0. The van der Waals surface area contributed by atoms with Crippen molar-refractivity contribution in [3.63, 3.8) is 0 Å². The molecule has 4 heterocycles. The summed E-state index contributed by atoms with van der Waals surface area (Å²) in [6.45, 7) is 4.96. The zero-order valence-corrected chi connectivity index (χ0v) is 15.6. The van der Waals surface area contributed by atoms with Crippen molar-refractivity contribution in [2.24, 2.45) is 5.41 Å². The molecule has 2 unspecified atom stereocenters. The van der Waals surface area contributed by atoms with E-state index in [9.17, 15) is 9.59 Å². The summed E-state index contributed by atoms with van der Waals surface area (Å²) < 4.78 is 5.32. The van der Waals surface area contributed by atoms with Gasteiger partial charge < -0.3 is 19.9 Å². The molecule has 2 atom stereocenters. The lowest BCUT2D eigenvalue weighted by Crippen LogP contribution is -2.55. The molecule has 4 aliphatic rings. The zero-order chi connectivity index (χ0) is 18.1. The van der Waals surface area contributed by atoms with Gasteiger partial charge in [-0.1, -0.05) is 5.92 Å². The summed E-state index contributed by atoms with van der Waals surface area (Å²) in [4.78, 5) is 28.6. The Hall–Kier alpha value is -1.74. The van der Waals surface area contributed by atoms with E-state index in [2.05, 4.69) is 22.1 Å². The first-order valence-electron chi connectivity index (χ1n) is 9.96. The van der Waals surface area contributed by atoms with Crippen LogP contribution in [0.2, 0.25) is 0 Å². The maximum absolute atomic E-state index is 12.4. The SMILES string of the molecule is CC#CCOC(=O)N1C2CCC1CC(N1CCC3(CC1)CNC(=O)C3)C2. The fourth-order valence-corrected chi connectivity index (χ4v) is 5.46. The Kier molecular flexibility index (Phi) is 4.83. The van der Waals surface area contributed by atoms with Crippen LogP contribution in [0.25, 0.3) is 0 Å². The predicted octanol–water partition coefficient (Wildman–Crippen LogP) is 1.74. The molecule has 1 N–H and O–H groups in total. The van der Waals surface area contributed by atoms with Crippen molar-refractivity contribution in [2.75, 3.05) is 26.2 Å². The lowest BCUT2D eigenvalue weighted by molar-refractivity contribution is -0.119. The van der Waals surface area contributed by atoms with E-state index in [4.69, 9.17) is 4.74 Å². The van der Waals surface area contributed by atoms with E-state index in [1.54, 1.807) is 6.92 Å². The molecule has 4 rings (SSSR count). The number of carbonyl (C=O) groups excluding carboxylic acids is 2. The molecule has 4 saturated heterocycles. The maximum atomic E-state index is 12.4. The van der Waals surface area contributed by atoms with Gasteiger partial charge in [0.25, 0.3) is 0 Å². The van der Waals surface area contributed by atoms with Gasteiger partial charge in [0.15, 0.2) is 6.61 Å². The fraction of sp³-hybridized carbons (Fsp3) is 0.800. The Morgan fingerprint density at radius 3 is 2.50 bits per heavy atom. The molecule has 6 nitrogen and oxygen atoms in total. The average Bonchev–Trinajstić information content (AvgIpc) is 3.12. The molecular weight excluding hydrogens is 330 g/mol. The topological polar surface area (TPSA) is 61.9 Å². The molecular formula is C20H29N3O3. The van der Waals surface area contributed by atoms with Gasteiger partial charge in [-0.2, -0.15) is 0 Å². The molecule has 2 amide bonds. The average molecular weight is 359 g/mol. The number of piperidine rings is 2. The quantitative estimate of drug-likeness (QED) is 0.763. The molecule has 0 aliphatic carbocycles. The molecule has 0 aromatic carbocycles. The third-order valence-corrected chi connectivity index (χ3v) is 6.93. The number of hydrogen-bond donors (Lipinski definition) is 1. The van der Waals surface area contributed by atoms with Gasteiger partial charge in [-0.15, -0.1) is 5.92 Å². The van der Waals surface area contributed by atoms with Crippen molar-refractivity contribution in [1.82, 2.24) is 15.1 Å². The van der Waals surface area contributed by atoms with Gasteiger partial charge in [0.1, 0.15) is 0 Å². The monoisotopic (exact) mass is 359 g/mol. The summed E-state index contributed by atoms with van der Waals surface area (Å²) in [6.07, 6.45) is 7.02. The minimum atomic E-state index is -0.188. The summed E-state index contributed by atoms with van der Waals surface area (Å²) in [5.74, 6) is 5.78. The lowest BCUT2D eigenvalue weighted by atomic mass is 9.77. The van der Waals surface area contributed by atoms with E-state index in [0.717, 1.165) is 58.2 Å². The molecule has 0 radical (unpaired) electrons. The smallest absolute Gasteiger partial charge is 0.411 e. The second kappa shape index (κ2) is 7.11. The van der Waals surface area contributed by atoms with Crippen LogP contribution in [0, 0.1) is 17.3 Å². The molecule has 4 aliphatic heterocycles. The van der Waals surface area contributed by atoms with Crippen LogP contribution >= 0.6 is 0 Å². The van der Waals surface area contributed by atoms with Crippen molar-refractivity contribution in [3.8, 4) is 11.8 Å². The van der Waals surface area contributed by atoms with Crippen molar-refractivity contribution in [1.29, 1.82) is 0 Å². The van der Waals surface area contributed by atoms with E-state index in [1.807, 2.05) is 4.90 Å². The molecule has 0 saturated carbocycles. The number of nitrogens with zero attached hydrogens (tertiary/aromatic N) is 2. The third-order valence-electron chi connectivity index (χ3n) is 6.93.